The molecule has 0 radical (unpaired) electrons. The number of nitrogens with zero attached hydrogens (tertiary/aromatic N) is 1. The fourth-order valence-electron chi connectivity index (χ4n) is 2.84. The maximum absolute atomic E-state index is 3.47. The van der Waals surface area contributed by atoms with Crippen LogP contribution in [0, 0.1) is 5.92 Å². The molecule has 0 spiro atoms. The van der Waals surface area contributed by atoms with Gasteiger partial charge in [0.15, 0.2) is 0 Å². The minimum Gasteiger partial charge on any atom is -0.317 e. The third-order valence-electron chi connectivity index (χ3n) is 3.86. The Kier molecular flexibility index (Phi) is 8.72. The minimum absolute atomic E-state index is 0.993. The number of rotatable bonds is 9. The van der Waals surface area contributed by atoms with Crippen LogP contribution in [0.4, 0.5) is 0 Å². The molecular weight excluding hydrogens is 208 g/mol. The molecule has 1 N–H and O–H groups in total. The van der Waals surface area contributed by atoms with Crippen molar-refractivity contribution in [3.05, 3.63) is 0 Å². The van der Waals surface area contributed by atoms with Gasteiger partial charge in [-0.05, 0) is 64.7 Å². The van der Waals surface area contributed by atoms with Crippen LogP contribution in [0.2, 0.25) is 0 Å². The Hall–Kier alpha value is -0.0800. The number of hydrogen-bond acceptors (Lipinski definition) is 2. The molecule has 0 aromatic rings. The quantitative estimate of drug-likeness (QED) is 0.622. The third kappa shape index (κ3) is 7.77. The summed E-state index contributed by atoms with van der Waals surface area (Å²) in [7, 11) is 2.30. The summed E-state index contributed by atoms with van der Waals surface area (Å²) in [6.07, 6.45) is 11.3. The first-order valence-corrected chi connectivity index (χ1v) is 7.72. The first-order chi connectivity index (χ1) is 8.33. The van der Waals surface area contributed by atoms with Crippen molar-refractivity contribution in [2.24, 2.45) is 5.92 Å². The van der Waals surface area contributed by atoms with E-state index in [-0.39, 0.29) is 0 Å². The standard InChI is InChI=1S/C15H32N2/c1-3-11-16-12-7-8-13-17(2)14-15-9-5-4-6-10-15/h15-16H,3-14H2,1-2H3. The first-order valence-electron chi connectivity index (χ1n) is 7.72. The minimum atomic E-state index is 0.993. The third-order valence-corrected chi connectivity index (χ3v) is 3.86. The summed E-state index contributed by atoms with van der Waals surface area (Å²) in [5.41, 5.74) is 0. The van der Waals surface area contributed by atoms with Crippen LogP contribution in [0.3, 0.4) is 0 Å². The van der Waals surface area contributed by atoms with Crippen molar-refractivity contribution in [3.8, 4) is 0 Å². The van der Waals surface area contributed by atoms with Crippen LogP contribution in [0.5, 0.6) is 0 Å². The van der Waals surface area contributed by atoms with E-state index in [1.807, 2.05) is 0 Å². The van der Waals surface area contributed by atoms with Crippen molar-refractivity contribution in [3.63, 3.8) is 0 Å². The van der Waals surface area contributed by atoms with Crippen LogP contribution in [0.25, 0.3) is 0 Å². The molecule has 0 bridgehead atoms. The van der Waals surface area contributed by atoms with Crippen molar-refractivity contribution in [2.45, 2.75) is 58.3 Å². The van der Waals surface area contributed by atoms with Gasteiger partial charge < -0.3 is 10.2 Å². The van der Waals surface area contributed by atoms with Gasteiger partial charge in [-0.3, -0.25) is 0 Å². The molecule has 0 saturated heterocycles. The summed E-state index contributed by atoms with van der Waals surface area (Å²) in [5, 5.41) is 3.47. The van der Waals surface area contributed by atoms with E-state index in [1.165, 1.54) is 77.5 Å². The predicted octanol–water partition coefficient (Wildman–Crippen LogP) is 3.28. The number of hydrogen-bond donors (Lipinski definition) is 1. The van der Waals surface area contributed by atoms with Gasteiger partial charge in [0, 0.05) is 6.54 Å². The maximum Gasteiger partial charge on any atom is 0.000661 e. The average molecular weight is 240 g/mol. The largest absolute Gasteiger partial charge is 0.317 e. The molecule has 1 aliphatic carbocycles. The average Bonchev–Trinajstić information content (AvgIpc) is 2.35. The molecule has 0 aromatic heterocycles. The first kappa shape index (κ1) is 15.0. The van der Waals surface area contributed by atoms with Crippen molar-refractivity contribution in [2.75, 3.05) is 33.2 Å². The highest BCUT2D eigenvalue weighted by atomic mass is 15.1. The van der Waals surface area contributed by atoms with E-state index in [4.69, 9.17) is 0 Å². The highest BCUT2D eigenvalue weighted by Gasteiger charge is 2.14. The Morgan fingerprint density at radius 3 is 2.53 bits per heavy atom. The molecule has 17 heavy (non-hydrogen) atoms. The summed E-state index contributed by atoms with van der Waals surface area (Å²) in [4.78, 5) is 2.55. The van der Waals surface area contributed by atoms with Crippen LogP contribution in [-0.4, -0.2) is 38.1 Å². The highest BCUT2D eigenvalue weighted by molar-refractivity contribution is 4.69. The molecule has 0 aromatic carbocycles. The predicted molar refractivity (Wildman–Crippen MR) is 76.5 cm³/mol. The zero-order valence-electron chi connectivity index (χ0n) is 12.0. The number of unbranched alkanes of at least 4 members (excludes halogenated alkanes) is 1. The Labute approximate surface area is 108 Å². The summed E-state index contributed by atoms with van der Waals surface area (Å²) < 4.78 is 0. The maximum atomic E-state index is 3.47. The van der Waals surface area contributed by atoms with Gasteiger partial charge in [-0.25, -0.2) is 0 Å². The second kappa shape index (κ2) is 9.90. The highest BCUT2D eigenvalue weighted by Crippen LogP contribution is 2.24. The molecule has 1 saturated carbocycles. The normalized spacial score (nSPS) is 17.8. The van der Waals surface area contributed by atoms with Gasteiger partial charge in [-0.15, -0.1) is 0 Å². The molecule has 2 heteroatoms. The van der Waals surface area contributed by atoms with E-state index in [9.17, 15) is 0 Å². The van der Waals surface area contributed by atoms with Crippen molar-refractivity contribution < 1.29 is 0 Å². The molecule has 0 unspecified atom stereocenters. The van der Waals surface area contributed by atoms with Crippen molar-refractivity contribution >= 4 is 0 Å². The second-order valence-corrected chi connectivity index (χ2v) is 5.72. The second-order valence-electron chi connectivity index (χ2n) is 5.72. The topological polar surface area (TPSA) is 15.3 Å². The molecule has 0 heterocycles. The lowest BCUT2D eigenvalue weighted by Gasteiger charge is -2.26. The van der Waals surface area contributed by atoms with Gasteiger partial charge in [0.2, 0.25) is 0 Å². The van der Waals surface area contributed by atoms with E-state index < -0.39 is 0 Å². The summed E-state index contributed by atoms with van der Waals surface area (Å²) >= 11 is 0. The van der Waals surface area contributed by atoms with Crippen LogP contribution in [-0.2, 0) is 0 Å². The van der Waals surface area contributed by atoms with E-state index in [2.05, 4.69) is 24.2 Å². The van der Waals surface area contributed by atoms with Crippen molar-refractivity contribution in [1.82, 2.24) is 10.2 Å². The monoisotopic (exact) mass is 240 g/mol. The van der Waals surface area contributed by atoms with Gasteiger partial charge in [-0.1, -0.05) is 26.2 Å². The smallest absolute Gasteiger partial charge is 0.000661 e. The van der Waals surface area contributed by atoms with Crippen LogP contribution in [0.15, 0.2) is 0 Å². The fourth-order valence-corrected chi connectivity index (χ4v) is 2.84. The van der Waals surface area contributed by atoms with E-state index in [0.29, 0.717) is 0 Å². The Bertz CT molecular complexity index is 164. The Balaban J connectivity index is 1.91. The Morgan fingerprint density at radius 2 is 1.82 bits per heavy atom. The Morgan fingerprint density at radius 1 is 1.06 bits per heavy atom. The molecule has 2 nitrogen and oxygen atoms in total. The molecule has 1 rings (SSSR count). The summed E-state index contributed by atoms with van der Waals surface area (Å²) in [6.45, 7) is 7.22. The van der Waals surface area contributed by atoms with Gasteiger partial charge in [-0.2, -0.15) is 0 Å². The van der Waals surface area contributed by atoms with Crippen molar-refractivity contribution in [1.29, 1.82) is 0 Å². The van der Waals surface area contributed by atoms with Crippen LogP contribution >= 0.6 is 0 Å². The van der Waals surface area contributed by atoms with Crippen LogP contribution in [0.1, 0.15) is 58.3 Å². The lowest BCUT2D eigenvalue weighted by Crippen LogP contribution is -2.28. The SMILES string of the molecule is CCCNCCCCN(C)CC1CCCCC1. The zero-order valence-corrected chi connectivity index (χ0v) is 12.0. The lowest BCUT2D eigenvalue weighted by molar-refractivity contribution is 0.230. The lowest BCUT2D eigenvalue weighted by atomic mass is 9.89. The van der Waals surface area contributed by atoms with Gasteiger partial charge >= 0.3 is 0 Å². The zero-order chi connectivity index (χ0) is 12.3. The van der Waals surface area contributed by atoms with Gasteiger partial charge in [0.05, 0.1) is 0 Å². The number of nitrogens with one attached hydrogen (secondary N) is 1. The molecule has 102 valence electrons. The van der Waals surface area contributed by atoms with Gasteiger partial charge in [0.25, 0.3) is 0 Å². The van der Waals surface area contributed by atoms with Crippen LogP contribution < -0.4 is 5.32 Å². The molecule has 1 aliphatic rings. The van der Waals surface area contributed by atoms with E-state index in [0.717, 1.165) is 5.92 Å². The molecule has 0 atom stereocenters. The van der Waals surface area contributed by atoms with E-state index >= 15 is 0 Å². The molecular formula is C15H32N2. The molecule has 1 fully saturated rings. The fraction of sp³-hybridized carbons (Fsp3) is 1.00. The van der Waals surface area contributed by atoms with Gasteiger partial charge in [0.1, 0.15) is 0 Å². The molecule has 0 aliphatic heterocycles. The summed E-state index contributed by atoms with van der Waals surface area (Å²) in [6, 6.07) is 0. The molecule has 0 amide bonds. The summed E-state index contributed by atoms with van der Waals surface area (Å²) in [5.74, 6) is 0.993. The van der Waals surface area contributed by atoms with E-state index in [1.54, 1.807) is 0 Å².